The SMILES string of the molecule is CC(Cc1ccccc1)NC(=O)NC(C)C(=O)O. The van der Waals surface area contributed by atoms with E-state index in [0.29, 0.717) is 6.42 Å². The van der Waals surface area contributed by atoms with E-state index in [2.05, 4.69) is 10.6 Å². The minimum atomic E-state index is -1.05. The molecule has 1 rings (SSSR count). The number of urea groups is 1. The van der Waals surface area contributed by atoms with Crippen LogP contribution >= 0.6 is 0 Å². The fourth-order valence-electron chi connectivity index (χ4n) is 1.54. The molecule has 98 valence electrons. The van der Waals surface area contributed by atoms with Crippen molar-refractivity contribution in [3.05, 3.63) is 35.9 Å². The van der Waals surface area contributed by atoms with Gasteiger partial charge in [-0.25, -0.2) is 4.79 Å². The third-order valence-corrected chi connectivity index (χ3v) is 2.48. The van der Waals surface area contributed by atoms with Gasteiger partial charge in [0.15, 0.2) is 0 Å². The molecule has 5 heteroatoms. The van der Waals surface area contributed by atoms with Crippen LogP contribution in [0.15, 0.2) is 30.3 Å². The van der Waals surface area contributed by atoms with Gasteiger partial charge in [-0.15, -0.1) is 0 Å². The van der Waals surface area contributed by atoms with Gasteiger partial charge in [-0.1, -0.05) is 30.3 Å². The average molecular weight is 250 g/mol. The van der Waals surface area contributed by atoms with Crippen LogP contribution in [0.1, 0.15) is 19.4 Å². The topological polar surface area (TPSA) is 78.4 Å². The number of carboxylic acid groups (broad SMARTS) is 1. The summed E-state index contributed by atoms with van der Waals surface area (Å²) in [4.78, 5) is 22.0. The second-order valence-corrected chi connectivity index (χ2v) is 4.27. The van der Waals surface area contributed by atoms with Crippen molar-refractivity contribution in [1.29, 1.82) is 0 Å². The smallest absolute Gasteiger partial charge is 0.325 e. The molecule has 0 bridgehead atoms. The quantitative estimate of drug-likeness (QED) is 0.739. The predicted molar refractivity (Wildman–Crippen MR) is 68.4 cm³/mol. The maximum absolute atomic E-state index is 11.5. The molecule has 1 aromatic carbocycles. The molecule has 1 aromatic rings. The lowest BCUT2D eigenvalue weighted by Crippen LogP contribution is -2.47. The van der Waals surface area contributed by atoms with Gasteiger partial charge in [0.2, 0.25) is 0 Å². The van der Waals surface area contributed by atoms with Gasteiger partial charge < -0.3 is 15.7 Å². The number of nitrogens with one attached hydrogen (secondary N) is 2. The van der Waals surface area contributed by atoms with Crippen LogP contribution in [0, 0.1) is 0 Å². The summed E-state index contributed by atoms with van der Waals surface area (Å²) in [5, 5.41) is 13.7. The number of hydrogen-bond acceptors (Lipinski definition) is 2. The van der Waals surface area contributed by atoms with Crippen molar-refractivity contribution in [2.24, 2.45) is 0 Å². The molecule has 0 aromatic heterocycles. The largest absolute Gasteiger partial charge is 0.480 e. The van der Waals surface area contributed by atoms with Crippen LogP contribution < -0.4 is 10.6 Å². The minimum absolute atomic E-state index is 0.0617. The Labute approximate surface area is 106 Å². The zero-order valence-electron chi connectivity index (χ0n) is 10.5. The zero-order chi connectivity index (χ0) is 13.5. The van der Waals surface area contributed by atoms with E-state index in [0.717, 1.165) is 5.56 Å². The predicted octanol–water partition coefficient (Wildman–Crippen LogP) is 1.39. The summed E-state index contributed by atoms with van der Waals surface area (Å²) in [5.74, 6) is -1.05. The van der Waals surface area contributed by atoms with E-state index in [1.54, 1.807) is 0 Å². The molecule has 0 heterocycles. The summed E-state index contributed by atoms with van der Waals surface area (Å²) >= 11 is 0. The number of hydrogen-bond donors (Lipinski definition) is 3. The summed E-state index contributed by atoms with van der Waals surface area (Å²) < 4.78 is 0. The number of carboxylic acids is 1. The van der Waals surface area contributed by atoms with Gasteiger partial charge in [-0.2, -0.15) is 0 Å². The molecule has 0 fully saturated rings. The van der Waals surface area contributed by atoms with Crippen LogP contribution in [0.5, 0.6) is 0 Å². The molecule has 3 N–H and O–H groups in total. The third-order valence-electron chi connectivity index (χ3n) is 2.48. The summed E-state index contributed by atoms with van der Waals surface area (Å²) in [6.07, 6.45) is 0.704. The van der Waals surface area contributed by atoms with E-state index in [1.165, 1.54) is 6.92 Å². The van der Waals surface area contributed by atoms with Gasteiger partial charge in [0, 0.05) is 6.04 Å². The molecule has 0 saturated carbocycles. The molecule has 2 atom stereocenters. The first kappa shape index (κ1) is 14.0. The average Bonchev–Trinajstić information content (AvgIpc) is 2.29. The van der Waals surface area contributed by atoms with Crippen molar-refractivity contribution in [3.63, 3.8) is 0 Å². The molecule has 0 aliphatic heterocycles. The fraction of sp³-hybridized carbons (Fsp3) is 0.385. The lowest BCUT2D eigenvalue weighted by molar-refractivity contribution is -0.138. The zero-order valence-corrected chi connectivity index (χ0v) is 10.5. The van der Waals surface area contributed by atoms with Crippen LogP contribution in [0.3, 0.4) is 0 Å². The monoisotopic (exact) mass is 250 g/mol. The Morgan fingerprint density at radius 2 is 1.78 bits per heavy atom. The van der Waals surface area contributed by atoms with Crippen molar-refractivity contribution in [1.82, 2.24) is 10.6 Å². The highest BCUT2D eigenvalue weighted by Crippen LogP contribution is 2.02. The Balaban J connectivity index is 2.38. The first-order valence-electron chi connectivity index (χ1n) is 5.83. The van der Waals surface area contributed by atoms with Gasteiger partial charge in [-0.3, -0.25) is 4.79 Å². The maximum atomic E-state index is 11.5. The van der Waals surface area contributed by atoms with Gasteiger partial charge in [0.05, 0.1) is 0 Å². The number of aliphatic carboxylic acids is 1. The summed E-state index contributed by atoms with van der Waals surface area (Å²) in [5.41, 5.74) is 1.12. The van der Waals surface area contributed by atoms with Crippen molar-refractivity contribution in [3.8, 4) is 0 Å². The summed E-state index contributed by atoms with van der Waals surface area (Å²) in [6.45, 7) is 3.29. The minimum Gasteiger partial charge on any atom is -0.480 e. The molecule has 18 heavy (non-hydrogen) atoms. The van der Waals surface area contributed by atoms with Crippen LogP contribution in [0.2, 0.25) is 0 Å². The second-order valence-electron chi connectivity index (χ2n) is 4.27. The highest BCUT2D eigenvalue weighted by Gasteiger charge is 2.15. The molecule has 0 radical (unpaired) electrons. The number of amides is 2. The van der Waals surface area contributed by atoms with E-state index < -0.39 is 18.0 Å². The molecular formula is C13H18N2O3. The normalized spacial score (nSPS) is 13.4. The van der Waals surface area contributed by atoms with Crippen LogP contribution in [-0.2, 0) is 11.2 Å². The summed E-state index contributed by atoms with van der Waals surface area (Å²) in [7, 11) is 0. The summed E-state index contributed by atoms with van der Waals surface area (Å²) in [6, 6.07) is 8.36. The van der Waals surface area contributed by atoms with Gasteiger partial charge in [0.25, 0.3) is 0 Å². The van der Waals surface area contributed by atoms with E-state index in [-0.39, 0.29) is 6.04 Å². The van der Waals surface area contributed by atoms with E-state index in [1.807, 2.05) is 37.3 Å². The van der Waals surface area contributed by atoms with E-state index in [4.69, 9.17) is 5.11 Å². The molecule has 5 nitrogen and oxygen atoms in total. The first-order valence-corrected chi connectivity index (χ1v) is 5.83. The highest BCUT2D eigenvalue weighted by atomic mass is 16.4. The molecule has 2 amide bonds. The van der Waals surface area contributed by atoms with Crippen LogP contribution in [-0.4, -0.2) is 29.2 Å². The van der Waals surface area contributed by atoms with Crippen molar-refractivity contribution < 1.29 is 14.7 Å². The Kier molecular flexibility index (Phi) is 5.17. The Hall–Kier alpha value is -2.04. The van der Waals surface area contributed by atoms with Crippen molar-refractivity contribution in [2.75, 3.05) is 0 Å². The first-order chi connectivity index (χ1) is 8.49. The van der Waals surface area contributed by atoms with Crippen molar-refractivity contribution in [2.45, 2.75) is 32.4 Å². The number of benzene rings is 1. The second kappa shape index (κ2) is 6.64. The molecule has 2 unspecified atom stereocenters. The standard InChI is InChI=1S/C13H18N2O3/c1-9(8-11-6-4-3-5-7-11)14-13(18)15-10(2)12(16)17/h3-7,9-10H,8H2,1-2H3,(H,16,17)(H2,14,15,18). The number of carbonyl (C=O) groups is 2. The maximum Gasteiger partial charge on any atom is 0.325 e. The van der Waals surface area contributed by atoms with E-state index in [9.17, 15) is 9.59 Å². The Morgan fingerprint density at radius 1 is 1.17 bits per heavy atom. The third kappa shape index (κ3) is 4.86. The van der Waals surface area contributed by atoms with Crippen LogP contribution in [0.25, 0.3) is 0 Å². The van der Waals surface area contributed by atoms with Crippen LogP contribution in [0.4, 0.5) is 4.79 Å². The van der Waals surface area contributed by atoms with Gasteiger partial charge >= 0.3 is 12.0 Å². The highest BCUT2D eigenvalue weighted by molar-refractivity contribution is 5.82. The number of carbonyl (C=O) groups excluding carboxylic acids is 1. The lowest BCUT2D eigenvalue weighted by atomic mass is 10.1. The van der Waals surface area contributed by atoms with E-state index >= 15 is 0 Å². The number of rotatable bonds is 5. The Bertz CT molecular complexity index is 406. The van der Waals surface area contributed by atoms with Gasteiger partial charge in [0.1, 0.15) is 6.04 Å². The molecule has 0 saturated heterocycles. The lowest BCUT2D eigenvalue weighted by Gasteiger charge is -2.16. The van der Waals surface area contributed by atoms with Crippen molar-refractivity contribution >= 4 is 12.0 Å². The Morgan fingerprint density at radius 3 is 2.33 bits per heavy atom. The molecule has 0 aliphatic rings. The molecular weight excluding hydrogens is 232 g/mol. The molecule has 0 aliphatic carbocycles. The molecule has 0 spiro atoms. The van der Waals surface area contributed by atoms with Gasteiger partial charge in [-0.05, 0) is 25.8 Å². The fourth-order valence-corrected chi connectivity index (χ4v) is 1.54.